The number of rotatable bonds is 8. The number of carbonyl (C=O) groups is 1. The van der Waals surface area contributed by atoms with Crippen molar-refractivity contribution >= 4 is 5.97 Å². The van der Waals surface area contributed by atoms with Crippen LogP contribution in [0.4, 0.5) is 0 Å². The molecule has 2 atom stereocenters. The van der Waals surface area contributed by atoms with Gasteiger partial charge in [-0.15, -0.1) is 0 Å². The van der Waals surface area contributed by atoms with Crippen molar-refractivity contribution in [2.75, 3.05) is 13.2 Å². The minimum atomic E-state index is -0.822. The molecule has 0 heterocycles. The van der Waals surface area contributed by atoms with Crippen LogP contribution < -0.4 is 0 Å². The Morgan fingerprint density at radius 1 is 1.35 bits per heavy atom. The first-order valence-corrected chi connectivity index (χ1v) is 6.85. The summed E-state index contributed by atoms with van der Waals surface area (Å²) in [4.78, 5) is 11.8. The second kappa shape index (κ2) is 9.28. The highest BCUT2D eigenvalue weighted by molar-refractivity contribution is 5.75. The van der Waals surface area contributed by atoms with E-state index in [0.29, 0.717) is 12.8 Å². The van der Waals surface area contributed by atoms with Crippen molar-refractivity contribution in [3.63, 3.8) is 0 Å². The van der Waals surface area contributed by atoms with Crippen molar-refractivity contribution in [3.05, 3.63) is 48.0 Å². The van der Waals surface area contributed by atoms with E-state index in [2.05, 4.69) is 0 Å². The maximum Gasteiger partial charge on any atom is 0.315 e. The molecule has 0 saturated carbocycles. The number of benzene rings is 1. The van der Waals surface area contributed by atoms with E-state index in [1.165, 1.54) is 12.2 Å². The molecule has 1 aromatic rings. The Balaban J connectivity index is 2.60. The van der Waals surface area contributed by atoms with Crippen LogP contribution >= 0.6 is 0 Å². The summed E-state index contributed by atoms with van der Waals surface area (Å²) in [6.07, 6.45) is 3.28. The SMILES string of the molecule is CCOC(=O)[C@@H](/C=C/CO)[C@H](O)CCc1ccccc1. The van der Waals surface area contributed by atoms with Gasteiger partial charge >= 0.3 is 5.97 Å². The number of esters is 1. The largest absolute Gasteiger partial charge is 0.465 e. The first-order valence-electron chi connectivity index (χ1n) is 6.85. The van der Waals surface area contributed by atoms with E-state index in [1.54, 1.807) is 6.92 Å². The predicted molar refractivity (Wildman–Crippen MR) is 77.1 cm³/mol. The third-order valence-electron chi connectivity index (χ3n) is 2.99. The third kappa shape index (κ3) is 5.55. The van der Waals surface area contributed by atoms with Crippen LogP contribution in [0.1, 0.15) is 18.9 Å². The average Bonchev–Trinajstić information content (AvgIpc) is 2.47. The van der Waals surface area contributed by atoms with Gasteiger partial charge in [0.1, 0.15) is 5.92 Å². The van der Waals surface area contributed by atoms with E-state index in [1.807, 2.05) is 30.3 Å². The van der Waals surface area contributed by atoms with Crippen LogP contribution in [0.3, 0.4) is 0 Å². The highest BCUT2D eigenvalue weighted by Crippen LogP contribution is 2.15. The van der Waals surface area contributed by atoms with Crippen molar-refractivity contribution < 1.29 is 19.7 Å². The molecule has 110 valence electrons. The number of ether oxygens (including phenoxy) is 1. The van der Waals surface area contributed by atoms with E-state index in [9.17, 15) is 9.90 Å². The average molecular weight is 278 g/mol. The van der Waals surface area contributed by atoms with E-state index in [4.69, 9.17) is 9.84 Å². The highest BCUT2D eigenvalue weighted by atomic mass is 16.5. The van der Waals surface area contributed by atoms with Crippen LogP contribution in [-0.4, -0.2) is 35.5 Å². The van der Waals surface area contributed by atoms with Gasteiger partial charge in [0.2, 0.25) is 0 Å². The summed E-state index contributed by atoms with van der Waals surface area (Å²) < 4.78 is 4.94. The van der Waals surface area contributed by atoms with Gasteiger partial charge in [0.15, 0.2) is 0 Å². The van der Waals surface area contributed by atoms with Gasteiger partial charge in [-0.3, -0.25) is 4.79 Å². The lowest BCUT2D eigenvalue weighted by molar-refractivity contribution is -0.149. The van der Waals surface area contributed by atoms with Crippen LogP contribution in [0.5, 0.6) is 0 Å². The first kappa shape index (κ1) is 16.4. The molecule has 4 nitrogen and oxygen atoms in total. The minimum Gasteiger partial charge on any atom is -0.465 e. The van der Waals surface area contributed by atoms with Gasteiger partial charge in [-0.05, 0) is 25.3 Å². The van der Waals surface area contributed by atoms with Crippen LogP contribution in [0.2, 0.25) is 0 Å². The number of aryl methyl sites for hydroxylation is 1. The van der Waals surface area contributed by atoms with Crippen molar-refractivity contribution in [1.29, 1.82) is 0 Å². The van der Waals surface area contributed by atoms with Crippen molar-refractivity contribution in [3.8, 4) is 0 Å². The summed E-state index contributed by atoms with van der Waals surface area (Å²) in [6.45, 7) is 1.83. The van der Waals surface area contributed by atoms with E-state index in [-0.39, 0.29) is 13.2 Å². The quantitative estimate of drug-likeness (QED) is 0.561. The molecule has 0 aliphatic carbocycles. The fourth-order valence-corrected chi connectivity index (χ4v) is 1.95. The maximum atomic E-state index is 11.8. The van der Waals surface area contributed by atoms with E-state index >= 15 is 0 Å². The highest BCUT2D eigenvalue weighted by Gasteiger charge is 2.25. The van der Waals surface area contributed by atoms with Crippen molar-refractivity contribution in [2.24, 2.45) is 5.92 Å². The molecule has 0 aliphatic heterocycles. The first-order chi connectivity index (χ1) is 9.69. The zero-order valence-electron chi connectivity index (χ0n) is 11.7. The third-order valence-corrected chi connectivity index (χ3v) is 2.99. The Morgan fingerprint density at radius 3 is 2.65 bits per heavy atom. The number of aliphatic hydroxyl groups is 2. The predicted octanol–water partition coefficient (Wildman–Crippen LogP) is 1.71. The summed E-state index contributed by atoms with van der Waals surface area (Å²) in [5, 5.41) is 19.0. The molecule has 0 saturated heterocycles. The van der Waals surface area contributed by atoms with E-state index in [0.717, 1.165) is 5.56 Å². The molecule has 0 radical (unpaired) electrons. The van der Waals surface area contributed by atoms with Gasteiger partial charge in [-0.1, -0.05) is 42.5 Å². The Morgan fingerprint density at radius 2 is 2.05 bits per heavy atom. The number of aliphatic hydroxyl groups excluding tert-OH is 2. The van der Waals surface area contributed by atoms with Crippen LogP contribution in [-0.2, 0) is 16.0 Å². The topological polar surface area (TPSA) is 66.8 Å². The fraction of sp³-hybridized carbons (Fsp3) is 0.438. The maximum absolute atomic E-state index is 11.8. The monoisotopic (exact) mass is 278 g/mol. The lowest BCUT2D eigenvalue weighted by Gasteiger charge is -2.18. The molecule has 4 heteroatoms. The van der Waals surface area contributed by atoms with Crippen molar-refractivity contribution in [1.82, 2.24) is 0 Å². The van der Waals surface area contributed by atoms with Crippen LogP contribution in [0, 0.1) is 5.92 Å². The fourth-order valence-electron chi connectivity index (χ4n) is 1.95. The molecule has 0 unspecified atom stereocenters. The summed E-state index contributed by atoms with van der Waals surface area (Å²) in [6, 6.07) is 9.78. The van der Waals surface area contributed by atoms with Crippen molar-refractivity contribution in [2.45, 2.75) is 25.9 Å². The molecule has 1 aromatic carbocycles. The molecule has 0 aliphatic rings. The second-order valence-electron chi connectivity index (χ2n) is 4.48. The Labute approximate surface area is 119 Å². The number of hydrogen-bond donors (Lipinski definition) is 2. The molecule has 0 amide bonds. The number of hydrogen-bond acceptors (Lipinski definition) is 4. The minimum absolute atomic E-state index is 0.165. The molecule has 2 N–H and O–H groups in total. The molecule has 1 rings (SSSR count). The molecule has 20 heavy (non-hydrogen) atoms. The van der Waals surface area contributed by atoms with Gasteiger partial charge in [-0.2, -0.15) is 0 Å². The lowest BCUT2D eigenvalue weighted by Crippen LogP contribution is -2.29. The Kier molecular flexibility index (Phi) is 7.62. The summed E-state index contributed by atoms with van der Waals surface area (Å²) >= 11 is 0. The smallest absolute Gasteiger partial charge is 0.315 e. The van der Waals surface area contributed by atoms with Gasteiger partial charge in [0.25, 0.3) is 0 Å². The van der Waals surface area contributed by atoms with Crippen LogP contribution in [0.15, 0.2) is 42.5 Å². The summed E-state index contributed by atoms with van der Waals surface area (Å²) in [5.41, 5.74) is 1.11. The van der Waals surface area contributed by atoms with Gasteiger partial charge in [0, 0.05) is 0 Å². The second-order valence-corrected chi connectivity index (χ2v) is 4.48. The van der Waals surface area contributed by atoms with E-state index < -0.39 is 18.0 Å². The summed E-state index contributed by atoms with van der Waals surface area (Å²) in [5.74, 6) is -1.19. The molecule has 0 spiro atoms. The zero-order chi connectivity index (χ0) is 14.8. The van der Waals surface area contributed by atoms with Crippen LogP contribution in [0.25, 0.3) is 0 Å². The van der Waals surface area contributed by atoms with Gasteiger partial charge in [-0.25, -0.2) is 0 Å². The zero-order valence-corrected chi connectivity index (χ0v) is 11.7. The Hall–Kier alpha value is -1.65. The molecular weight excluding hydrogens is 256 g/mol. The van der Waals surface area contributed by atoms with Gasteiger partial charge in [0.05, 0.1) is 19.3 Å². The molecule has 0 bridgehead atoms. The molecule has 0 aromatic heterocycles. The molecule has 0 fully saturated rings. The Bertz CT molecular complexity index is 414. The lowest BCUT2D eigenvalue weighted by atomic mass is 9.96. The standard InChI is InChI=1S/C16H22O4/c1-2-20-16(19)14(9-6-12-17)15(18)11-10-13-7-4-3-5-8-13/h3-9,14-15,17-18H,2,10-12H2,1H3/b9-6+/t14-,15+/m0/s1. The van der Waals surface area contributed by atoms with Gasteiger partial charge < -0.3 is 14.9 Å². The number of carbonyl (C=O) groups excluding carboxylic acids is 1. The normalized spacial score (nSPS) is 14.2. The molecular formula is C16H22O4. The summed E-state index contributed by atoms with van der Waals surface area (Å²) in [7, 11) is 0.